The van der Waals surface area contributed by atoms with Crippen LogP contribution >= 0.6 is 23.1 Å². The lowest BCUT2D eigenvalue weighted by Crippen LogP contribution is -2.22. The fourth-order valence-corrected chi connectivity index (χ4v) is 4.59. The van der Waals surface area contributed by atoms with Gasteiger partial charge >= 0.3 is 0 Å². The van der Waals surface area contributed by atoms with E-state index in [0.29, 0.717) is 38.1 Å². The zero-order valence-electron chi connectivity index (χ0n) is 16.9. The predicted octanol–water partition coefficient (Wildman–Crippen LogP) is 3.29. The molecule has 0 fully saturated rings. The number of carbonyl (C=O) groups excluding carboxylic acids is 2. The van der Waals surface area contributed by atoms with Crippen LogP contribution in [-0.4, -0.2) is 34.2 Å². The molecule has 32 heavy (non-hydrogen) atoms. The molecule has 4 rings (SSSR count). The van der Waals surface area contributed by atoms with Gasteiger partial charge < -0.3 is 15.8 Å². The molecule has 162 valence electrons. The van der Waals surface area contributed by atoms with Crippen LogP contribution < -0.4 is 21.3 Å². The van der Waals surface area contributed by atoms with E-state index in [1.165, 1.54) is 15.9 Å². The van der Waals surface area contributed by atoms with E-state index in [1.807, 2.05) is 0 Å². The number of nitrogens with zero attached hydrogens (tertiary/aromatic N) is 2. The minimum absolute atomic E-state index is 0.0403. The second kappa shape index (κ2) is 9.25. The number of anilines is 1. The highest BCUT2D eigenvalue weighted by molar-refractivity contribution is 7.99. The minimum Gasteiger partial charge on any atom is -0.497 e. The van der Waals surface area contributed by atoms with Gasteiger partial charge in [-0.2, -0.15) is 0 Å². The Bertz CT molecular complexity index is 1360. The van der Waals surface area contributed by atoms with Crippen LogP contribution in [0, 0.1) is 0 Å². The third-order valence-corrected chi connectivity index (χ3v) is 6.38. The molecule has 0 saturated heterocycles. The van der Waals surface area contributed by atoms with Gasteiger partial charge in [0, 0.05) is 17.3 Å². The highest BCUT2D eigenvalue weighted by Gasteiger charge is 2.16. The summed E-state index contributed by atoms with van der Waals surface area (Å²) < 4.78 is 7.11. The van der Waals surface area contributed by atoms with E-state index in [2.05, 4.69) is 10.3 Å². The number of aromatic nitrogens is 2. The van der Waals surface area contributed by atoms with E-state index in [9.17, 15) is 14.4 Å². The highest BCUT2D eigenvalue weighted by atomic mass is 32.2. The molecule has 2 heterocycles. The lowest BCUT2D eigenvalue weighted by molar-refractivity contribution is -0.113. The third-order valence-electron chi connectivity index (χ3n) is 4.55. The zero-order chi connectivity index (χ0) is 22.7. The Hall–Kier alpha value is -3.63. The van der Waals surface area contributed by atoms with Gasteiger partial charge in [-0.3, -0.25) is 19.0 Å². The van der Waals surface area contributed by atoms with Gasteiger partial charge in [0.05, 0.1) is 24.1 Å². The van der Waals surface area contributed by atoms with E-state index in [-0.39, 0.29) is 17.2 Å². The standard InChI is InChI=1S/C22H18N4O4S2/c1-30-16-4-2-3-14(11-16)24-18(27)12-32-22-25-17-9-10-31-19(17)21(29)26(22)15-7-5-13(6-8-15)20(23)28/h2-11H,12H2,1H3,(H2,23,28)(H,24,27). The largest absolute Gasteiger partial charge is 0.497 e. The lowest BCUT2D eigenvalue weighted by Gasteiger charge is -2.12. The number of carbonyl (C=O) groups is 2. The Morgan fingerprint density at radius 3 is 2.69 bits per heavy atom. The molecule has 0 aliphatic rings. The first-order valence-electron chi connectivity index (χ1n) is 9.43. The van der Waals surface area contributed by atoms with Crippen molar-refractivity contribution < 1.29 is 14.3 Å². The van der Waals surface area contributed by atoms with Crippen molar-refractivity contribution in [2.75, 3.05) is 18.2 Å². The van der Waals surface area contributed by atoms with Gasteiger partial charge in [0.2, 0.25) is 11.8 Å². The molecule has 0 atom stereocenters. The molecule has 4 aromatic rings. The van der Waals surface area contributed by atoms with E-state index < -0.39 is 5.91 Å². The SMILES string of the molecule is COc1cccc(NC(=O)CSc2nc3ccsc3c(=O)n2-c2ccc(C(N)=O)cc2)c1. The van der Waals surface area contributed by atoms with Crippen LogP contribution in [0.4, 0.5) is 5.69 Å². The third kappa shape index (κ3) is 4.51. The lowest BCUT2D eigenvalue weighted by atomic mass is 10.2. The number of hydrogen-bond acceptors (Lipinski definition) is 7. The molecule has 8 nitrogen and oxygen atoms in total. The van der Waals surface area contributed by atoms with Crippen LogP contribution in [0.1, 0.15) is 10.4 Å². The predicted molar refractivity (Wildman–Crippen MR) is 126 cm³/mol. The monoisotopic (exact) mass is 466 g/mol. The molecule has 2 amide bonds. The summed E-state index contributed by atoms with van der Waals surface area (Å²) in [5, 5.41) is 4.97. The maximum atomic E-state index is 13.1. The van der Waals surface area contributed by atoms with Crippen molar-refractivity contribution in [3.05, 3.63) is 75.9 Å². The van der Waals surface area contributed by atoms with Crippen molar-refractivity contribution in [1.82, 2.24) is 9.55 Å². The molecular weight excluding hydrogens is 448 g/mol. The number of primary amides is 1. The number of amides is 2. The van der Waals surface area contributed by atoms with Gasteiger partial charge in [-0.25, -0.2) is 4.98 Å². The molecule has 10 heteroatoms. The molecule has 2 aromatic carbocycles. The number of thiophene rings is 1. The molecule has 3 N–H and O–H groups in total. The Morgan fingerprint density at radius 2 is 1.97 bits per heavy atom. The van der Waals surface area contributed by atoms with Crippen molar-refractivity contribution in [1.29, 1.82) is 0 Å². The number of ether oxygens (including phenoxy) is 1. The molecule has 0 radical (unpaired) electrons. The summed E-state index contributed by atoms with van der Waals surface area (Å²) >= 11 is 2.44. The summed E-state index contributed by atoms with van der Waals surface area (Å²) in [6.45, 7) is 0. The van der Waals surface area contributed by atoms with Gasteiger partial charge in [-0.05, 0) is 47.8 Å². The molecule has 0 saturated carbocycles. The summed E-state index contributed by atoms with van der Waals surface area (Å²) in [5.41, 5.74) is 7.10. The summed E-state index contributed by atoms with van der Waals surface area (Å²) in [4.78, 5) is 41.6. The topological polar surface area (TPSA) is 116 Å². The van der Waals surface area contributed by atoms with Gasteiger partial charge in [-0.15, -0.1) is 11.3 Å². The molecule has 0 bridgehead atoms. The van der Waals surface area contributed by atoms with Crippen molar-refractivity contribution in [2.24, 2.45) is 5.73 Å². The van der Waals surface area contributed by atoms with E-state index in [4.69, 9.17) is 10.5 Å². The number of fused-ring (bicyclic) bond motifs is 1. The second-order valence-electron chi connectivity index (χ2n) is 6.65. The Morgan fingerprint density at radius 1 is 1.19 bits per heavy atom. The normalized spacial score (nSPS) is 10.8. The fourth-order valence-electron chi connectivity index (χ4n) is 3.02. The smallest absolute Gasteiger partial charge is 0.276 e. The summed E-state index contributed by atoms with van der Waals surface area (Å²) in [6.07, 6.45) is 0. The van der Waals surface area contributed by atoms with E-state index in [1.54, 1.807) is 67.1 Å². The molecule has 0 aliphatic carbocycles. The number of rotatable bonds is 7. The molecule has 0 unspecified atom stereocenters. The Balaban J connectivity index is 1.62. The number of methoxy groups -OCH3 is 1. The average Bonchev–Trinajstić information content (AvgIpc) is 3.27. The van der Waals surface area contributed by atoms with Crippen molar-refractivity contribution in [2.45, 2.75) is 5.16 Å². The van der Waals surface area contributed by atoms with Gasteiger partial charge in [0.1, 0.15) is 10.4 Å². The highest BCUT2D eigenvalue weighted by Crippen LogP contribution is 2.24. The van der Waals surface area contributed by atoms with Crippen LogP contribution in [0.3, 0.4) is 0 Å². The molecule has 2 aromatic heterocycles. The summed E-state index contributed by atoms with van der Waals surface area (Å²) in [5.74, 6) is -0.134. The zero-order valence-corrected chi connectivity index (χ0v) is 18.5. The van der Waals surface area contributed by atoms with Crippen LogP contribution in [0.5, 0.6) is 5.75 Å². The minimum atomic E-state index is -0.556. The van der Waals surface area contributed by atoms with E-state index in [0.717, 1.165) is 11.8 Å². The van der Waals surface area contributed by atoms with E-state index >= 15 is 0 Å². The van der Waals surface area contributed by atoms with Crippen LogP contribution in [-0.2, 0) is 4.79 Å². The first-order chi connectivity index (χ1) is 15.5. The first kappa shape index (κ1) is 21.6. The summed E-state index contributed by atoms with van der Waals surface area (Å²) in [6, 6.07) is 15.2. The first-order valence-corrected chi connectivity index (χ1v) is 11.3. The van der Waals surface area contributed by atoms with Crippen LogP contribution in [0.15, 0.2) is 69.9 Å². The van der Waals surface area contributed by atoms with Gasteiger partial charge in [-0.1, -0.05) is 17.8 Å². The number of thioether (sulfide) groups is 1. The number of benzene rings is 2. The van der Waals surface area contributed by atoms with Crippen molar-refractivity contribution in [3.63, 3.8) is 0 Å². The molecule has 0 aliphatic heterocycles. The number of nitrogens with two attached hydrogens (primary N) is 1. The average molecular weight is 467 g/mol. The van der Waals surface area contributed by atoms with Crippen molar-refractivity contribution in [3.8, 4) is 11.4 Å². The molecule has 0 spiro atoms. The van der Waals surface area contributed by atoms with Crippen LogP contribution in [0.25, 0.3) is 15.9 Å². The molecular formula is C22H18N4O4S2. The van der Waals surface area contributed by atoms with Crippen molar-refractivity contribution >= 4 is 50.8 Å². The number of nitrogens with one attached hydrogen (secondary N) is 1. The Labute approximate surface area is 191 Å². The quantitative estimate of drug-likeness (QED) is 0.319. The van der Waals surface area contributed by atoms with Gasteiger partial charge in [0.15, 0.2) is 5.16 Å². The Kier molecular flexibility index (Phi) is 6.24. The van der Waals surface area contributed by atoms with Crippen LogP contribution in [0.2, 0.25) is 0 Å². The number of hydrogen-bond donors (Lipinski definition) is 2. The summed E-state index contributed by atoms with van der Waals surface area (Å²) in [7, 11) is 1.55. The maximum absolute atomic E-state index is 13.1. The second-order valence-corrected chi connectivity index (χ2v) is 8.51. The fraction of sp³-hybridized carbons (Fsp3) is 0.0909. The van der Waals surface area contributed by atoms with Gasteiger partial charge in [0.25, 0.3) is 5.56 Å². The maximum Gasteiger partial charge on any atom is 0.276 e.